The number of nitrogens with zero attached hydrogens (tertiary/aromatic N) is 1. The third-order valence-corrected chi connectivity index (χ3v) is 5.04. The molecule has 0 heterocycles. The molecule has 0 radical (unpaired) electrons. The number of carboxylic acid groups (broad SMARTS) is 1. The number of halogens is 1. The summed E-state index contributed by atoms with van der Waals surface area (Å²) in [7, 11) is -3.88. The predicted molar refractivity (Wildman–Crippen MR) is 77.1 cm³/mol. The van der Waals surface area contributed by atoms with Crippen LogP contribution in [0.25, 0.3) is 0 Å². The number of rotatable bonds is 7. The molecule has 0 unspecified atom stereocenters. The molecule has 1 aromatic rings. The van der Waals surface area contributed by atoms with E-state index in [0.717, 1.165) is 10.4 Å². The van der Waals surface area contributed by atoms with Gasteiger partial charge in [0, 0.05) is 17.6 Å². The lowest BCUT2D eigenvalue weighted by Crippen LogP contribution is -2.33. The number of aliphatic hydroxyl groups excluding tert-OH is 1. The van der Waals surface area contributed by atoms with Gasteiger partial charge in [0.2, 0.25) is 10.0 Å². The van der Waals surface area contributed by atoms with Gasteiger partial charge in [-0.05, 0) is 34.1 Å². The van der Waals surface area contributed by atoms with Crippen molar-refractivity contribution in [2.75, 3.05) is 19.7 Å². The molecule has 8 heteroatoms. The minimum Gasteiger partial charge on any atom is -0.478 e. The lowest BCUT2D eigenvalue weighted by Gasteiger charge is -2.20. The first-order valence-corrected chi connectivity index (χ1v) is 7.82. The maximum atomic E-state index is 12.4. The molecule has 0 aromatic heterocycles. The molecule has 0 bridgehead atoms. The molecule has 0 atom stereocenters. The van der Waals surface area contributed by atoms with Gasteiger partial charge in [-0.3, -0.25) is 0 Å². The van der Waals surface area contributed by atoms with Crippen molar-refractivity contribution in [3.8, 4) is 0 Å². The van der Waals surface area contributed by atoms with Crippen LogP contribution in [0.1, 0.15) is 10.4 Å². The normalized spacial score (nSPS) is 11.6. The van der Waals surface area contributed by atoms with Gasteiger partial charge in [0.05, 0.1) is 17.1 Å². The second kappa shape index (κ2) is 6.98. The van der Waals surface area contributed by atoms with Crippen molar-refractivity contribution in [3.05, 3.63) is 40.9 Å². The molecule has 1 aromatic carbocycles. The average Bonchev–Trinajstić information content (AvgIpc) is 2.38. The molecule has 0 aliphatic heterocycles. The molecule has 0 spiro atoms. The van der Waals surface area contributed by atoms with Crippen molar-refractivity contribution in [2.45, 2.75) is 4.90 Å². The van der Waals surface area contributed by atoms with E-state index in [-0.39, 0.29) is 30.2 Å². The number of carbonyl (C=O) groups is 1. The molecule has 0 saturated carbocycles. The van der Waals surface area contributed by atoms with Crippen LogP contribution in [-0.2, 0) is 10.0 Å². The minimum atomic E-state index is -3.88. The predicted octanol–water partition coefficient (Wildman–Crippen LogP) is 1.32. The van der Waals surface area contributed by atoms with Gasteiger partial charge in [0.1, 0.15) is 0 Å². The van der Waals surface area contributed by atoms with Crippen LogP contribution >= 0.6 is 15.9 Å². The fourth-order valence-corrected chi connectivity index (χ4v) is 3.39. The van der Waals surface area contributed by atoms with Crippen LogP contribution in [0.3, 0.4) is 0 Å². The Morgan fingerprint density at radius 3 is 2.60 bits per heavy atom. The van der Waals surface area contributed by atoms with Crippen LogP contribution < -0.4 is 0 Å². The summed E-state index contributed by atoms with van der Waals surface area (Å²) < 4.78 is 26.0. The largest absolute Gasteiger partial charge is 0.478 e. The van der Waals surface area contributed by atoms with Gasteiger partial charge in [-0.2, -0.15) is 4.31 Å². The number of hydrogen-bond donors (Lipinski definition) is 2. The summed E-state index contributed by atoms with van der Waals surface area (Å²) >= 11 is 3.05. The topological polar surface area (TPSA) is 94.9 Å². The van der Waals surface area contributed by atoms with Crippen LogP contribution in [0.4, 0.5) is 0 Å². The second-order valence-corrected chi connectivity index (χ2v) is 6.61. The number of benzene rings is 1. The van der Waals surface area contributed by atoms with Crippen molar-refractivity contribution in [1.82, 2.24) is 4.31 Å². The van der Waals surface area contributed by atoms with E-state index in [4.69, 9.17) is 10.2 Å². The highest BCUT2D eigenvalue weighted by molar-refractivity contribution is 9.10. The van der Waals surface area contributed by atoms with Gasteiger partial charge in [-0.1, -0.05) is 6.08 Å². The van der Waals surface area contributed by atoms with Gasteiger partial charge in [-0.15, -0.1) is 6.58 Å². The van der Waals surface area contributed by atoms with Crippen molar-refractivity contribution in [1.29, 1.82) is 0 Å². The van der Waals surface area contributed by atoms with Crippen LogP contribution in [-0.4, -0.2) is 48.6 Å². The Labute approximate surface area is 125 Å². The van der Waals surface area contributed by atoms with E-state index in [0.29, 0.717) is 4.47 Å². The summed E-state index contributed by atoms with van der Waals surface area (Å²) in [6, 6.07) is 3.75. The summed E-state index contributed by atoms with van der Waals surface area (Å²) in [6.45, 7) is 3.06. The molecular weight excluding hydrogens is 350 g/mol. The van der Waals surface area contributed by atoms with E-state index in [1.165, 1.54) is 18.2 Å². The molecule has 0 aliphatic rings. The molecule has 110 valence electrons. The number of aromatic carboxylic acids is 1. The Kier molecular flexibility index (Phi) is 5.88. The van der Waals surface area contributed by atoms with E-state index in [2.05, 4.69) is 22.5 Å². The molecule has 0 aliphatic carbocycles. The highest BCUT2D eigenvalue weighted by atomic mass is 79.9. The van der Waals surface area contributed by atoms with E-state index >= 15 is 0 Å². The molecule has 0 amide bonds. The molecule has 0 fully saturated rings. The Bertz CT molecular complexity index is 614. The standard InChI is InChI=1S/C12H14BrNO5S/c1-2-5-14(6-7-15)20(18,19)9-3-4-11(13)10(8-9)12(16)17/h2-4,8,15H,1,5-7H2,(H,16,17). The van der Waals surface area contributed by atoms with Crippen molar-refractivity contribution >= 4 is 31.9 Å². The third-order valence-electron chi connectivity index (χ3n) is 2.49. The summed E-state index contributed by atoms with van der Waals surface area (Å²) in [5.74, 6) is -1.23. The summed E-state index contributed by atoms with van der Waals surface area (Å²) in [4.78, 5) is 10.9. The van der Waals surface area contributed by atoms with Crippen LogP contribution in [0.5, 0.6) is 0 Å². The van der Waals surface area contributed by atoms with E-state index in [9.17, 15) is 13.2 Å². The smallest absolute Gasteiger partial charge is 0.336 e. The summed E-state index contributed by atoms with van der Waals surface area (Å²) in [6.07, 6.45) is 1.39. The first kappa shape index (κ1) is 16.8. The average molecular weight is 364 g/mol. The molecular formula is C12H14BrNO5S. The highest BCUT2D eigenvalue weighted by Gasteiger charge is 2.24. The third kappa shape index (κ3) is 3.66. The molecule has 1 rings (SSSR count). The highest BCUT2D eigenvalue weighted by Crippen LogP contribution is 2.23. The summed E-state index contributed by atoms with van der Waals surface area (Å²) in [5.41, 5.74) is -0.145. The van der Waals surface area contributed by atoms with Crippen LogP contribution in [0.15, 0.2) is 40.2 Å². The SMILES string of the molecule is C=CCN(CCO)S(=O)(=O)c1ccc(Br)c(C(=O)O)c1. The maximum Gasteiger partial charge on any atom is 0.336 e. The monoisotopic (exact) mass is 363 g/mol. The summed E-state index contributed by atoms with van der Waals surface area (Å²) in [5, 5.41) is 17.9. The van der Waals surface area contributed by atoms with E-state index in [1.807, 2.05) is 0 Å². The Morgan fingerprint density at radius 2 is 2.10 bits per heavy atom. The molecule has 20 heavy (non-hydrogen) atoms. The van der Waals surface area contributed by atoms with Gasteiger partial charge >= 0.3 is 5.97 Å². The zero-order valence-electron chi connectivity index (χ0n) is 10.5. The Morgan fingerprint density at radius 1 is 1.45 bits per heavy atom. The fraction of sp³-hybridized carbons (Fsp3) is 0.250. The van der Waals surface area contributed by atoms with Crippen LogP contribution in [0.2, 0.25) is 0 Å². The number of sulfonamides is 1. The van der Waals surface area contributed by atoms with Crippen molar-refractivity contribution in [3.63, 3.8) is 0 Å². The van der Waals surface area contributed by atoms with Crippen LogP contribution in [0, 0.1) is 0 Å². The molecule has 0 saturated heterocycles. The fourth-order valence-electron chi connectivity index (χ4n) is 1.54. The van der Waals surface area contributed by atoms with Crippen molar-refractivity contribution < 1.29 is 23.4 Å². The number of hydrogen-bond acceptors (Lipinski definition) is 4. The lowest BCUT2D eigenvalue weighted by atomic mass is 10.2. The van der Waals surface area contributed by atoms with Gasteiger partial charge in [0.15, 0.2) is 0 Å². The zero-order chi connectivity index (χ0) is 15.3. The lowest BCUT2D eigenvalue weighted by molar-refractivity contribution is 0.0695. The van der Waals surface area contributed by atoms with E-state index < -0.39 is 16.0 Å². The Hall–Kier alpha value is -1.22. The molecule has 2 N–H and O–H groups in total. The van der Waals surface area contributed by atoms with Gasteiger partial charge < -0.3 is 10.2 Å². The number of aliphatic hydroxyl groups is 1. The Balaban J connectivity index is 3.30. The number of carboxylic acids is 1. The van der Waals surface area contributed by atoms with E-state index in [1.54, 1.807) is 0 Å². The first-order chi connectivity index (χ1) is 9.34. The van der Waals surface area contributed by atoms with Gasteiger partial charge in [-0.25, -0.2) is 13.2 Å². The minimum absolute atomic E-state index is 0.0291. The van der Waals surface area contributed by atoms with Gasteiger partial charge in [0.25, 0.3) is 0 Å². The molecule has 6 nitrogen and oxygen atoms in total. The second-order valence-electron chi connectivity index (χ2n) is 3.82. The first-order valence-electron chi connectivity index (χ1n) is 5.59. The quantitative estimate of drug-likeness (QED) is 0.712. The van der Waals surface area contributed by atoms with Crippen molar-refractivity contribution in [2.24, 2.45) is 0 Å². The maximum absolute atomic E-state index is 12.4. The zero-order valence-corrected chi connectivity index (χ0v) is 12.9.